The molecule has 0 saturated carbocycles. The molecule has 0 amide bonds. The van der Waals surface area contributed by atoms with Crippen molar-refractivity contribution in [2.24, 2.45) is 5.92 Å². The normalized spacial score (nSPS) is 23.3. The fraction of sp³-hybridized carbons (Fsp3) is 0.909. The number of rotatable bonds is 5. The maximum absolute atomic E-state index is 10.5. The van der Waals surface area contributed by atoms with Crippen molar-refractivity contribution in [3.8, 4) is 0 Å². The van der Waals surface area contributed by atoms with E-state index in [0.29, 0.717) is 18.5 Å². The van der Waals surface area contributed by atoms with Gasteiger partial charge in [-0.3, -0.25) is 9.69 Å². The number of aliphatic carboxylic acids is 1. The summed E-state index contributed by atoms with van der Waals surface area (Å²) in [6.07, 6.45) is 1.43. The second-order valence-corrected chi connectivity index (χ2v) is 4.72. The molecule has 1 unspecified atom stereocenters. The number of hydrogen-bond donors (Lipinski definition) is 2. The van der Waals surface area contributed by atoms with E-state index in [1.807, 2.05) is 0 Å². The van der Waals surface area contributed by atoms with Gasteiger partial charge in [0.25, 0.3) is 0 Å². The Morgan fingerprint density at radius 1 is 1.60 bits per heavy atom. The summed E-state index contributed by atoms with van der Waals surface area (Å²) in [4.78, 5) is 12.7. The van der Waals surface area contributed by atoms with Crippen molar-refractivity contribution >= 4 is 5.97 Å². The third kappa shape index (κ3) is 5.14. The van der Waals surface area contributed by atoms with Crippen molar-refractivity contribution in [2.45, 2.75) is 32.7 Å². The summed E-state index contributed by atoms with van der Waals surface area (Å²) in [5, 5.41) is 12.1. The molecule has 0 aliphatic carbocycles. The average molecular weight is 214 g/mol. The molecule has 1 aliphatic rings. The molecule has 88 valence electrons. The van der Waals surface area contributed by atoms with Crippen LogP contribution in [0, 0.1) is 5.92 Å². The zero-order valence-corrected chi connectivity index (χ0v) is 9.70. The maximum atomic E-state index is 10.5. The van der Waals surface area contributed by atoms with E-state index in [-0.39, 0.29) is 6.42 Å². The van der Waals surface area contributed by atoms with Gasteiger partial charge in [0.05, 0.1) is 6.42 Å². The molecule has 0 bridgehead atoms. The van der Waals surface area contributed by atoms with E-state index in [4.69, 9.17) is 5.11 Å². The Hall–Kier alpha value is -0.610. The molecule has 0 radical (unpaired) electrons. The first-order valence-electron chi connectivity index (χ1n) is 5.75. The summed E-state index contributed by atoms with van der Waals surface area (Å²) >= 11 is 0. The zero-order chi connectivity index (χ0) is 11.3. The maximum Gasteiger partial charge on any atom is 0.304 e. The Morgan fingerprint density at radius 2 is 2.33 bits per heavy atom. The largest absolute Gasteiger partial charge is 0.481 e. The van der Waals surface area contributed by atoms with Crippen LogP contribution in [0.15, 0.2) is 0 Å². The van der Waals surface area contributed by atoms with Crippen LogP contribution in [0.2, 0.25) is 0 Å². The fourth-order valence-electron chi connectivity index (χ4n) is 2.08. The molecule has 0 aromatic rings. The minimum absolute atomic E-state index is 0.258. The first kappa shape index (κ1) is 12.5. The van der Waals surface area contributed by atoms with Gasteiger partial charge in [-0.05, 0) is 12.3 Å². The molecule has 2 N–H and O–H groups in total. The molecule has 0 aromatic heterocycles. The minimum atomic E-state index is -0.700. The van der Waals surface area contributed by atoms with Crippen molar-refractivity contribution in [2.75, 3.05) is 26.2 Å². The van der Waals surface area contributed by atoms with Gasteiger partial charge in [-0.25, -0.2) is 0 Å². The monoisotopic (exact) mass is 214 g/mol. The van der Waals surface area contributed by atoms with Gasteiger partial charge in [0, 0.05) is 32.2 Å². The summed E-state index contributed by atoms with van der Waals surface area (Å²) in [5.41, 5.74) is 0. The topological polar surface area (TPSA) is 52.6 Å². The number of nitrogens with one attached hydrogen (secondary N) is 1. The van der Waals surface area contributed by atoms with E-state index in [1.165, 1.54) is 6.42 Å². The summed E-state index contributed by atoms with van der Waals surface area (Å²) < 4.78 is 0. The summed E-state index contributed by atoms with van der Waals surface area (Å²) in [5.74, 6) is -0.00383. The number of hydrogen-bond acceptors (Lipinski definition) is 3. The van der Waals surface area contributed by atoms with Crippen molar-refractivity contribution in [1.29, 1.82) is 0 Å². The molecule has 1 heterocycles. The van der Waals surface area contributed by atoms with E-state index in [1.54, 1.807) is 0 Å². The van der Waals surface area contributed by atoms with Crippen LogP contribution in [0.3, 0.4) is 0 Å². The molecule has 15 heavy (non-hydrogen) atoms. The Bertz CT molecular complexity index is 207. The lowest BCUT2D eigenvalue weighted by atomic mass is 10.0. The van der Waals surface area contributed by atoms with Crippen LogP contribution < -0.4 is 5.32 Å². The first-order chi connectivity index (χ1) is 7.08. The van der Waals surface area contributed by atoms with E-state index in [9.17, 15) is 4.79 Å². The summed E-state index contributed by atoms with van der Waals surface area (Å²) in [7, 11) is 0. The molecule has 1 atom stereocenters. The van der Waals surface area contributed by atoms with Crippen LogP contribution in [0.1, 0.15) is 26.7 Å². The third-order valence-corrected chi connectivity index (χ3v) is 2.74. The summed E-state index contributed by atoms with van der Waals surface area (Å²) in [6, 6.07) is 0.535. The molecule has 1 aliphatic heterocycles. The average Bonchev–Trinajstić information content (AvgIpc) is 2.14. The van der Waals surface area contributed by atoms with E-state index in [2.05, 4.69) is 24.1 Å². The molecule has 1 saturated heterocycles. The van der Waals surface area contributed by atoms with Crippen LogP contribution in [0.4, 0.5) is 0 Å². The van der Waals surface area contributed by atoms with Gasteiger partial charge >= 0.3 is 5.97 Å². The molecule has 4 heteroatoms. The fourth-order valence-corrected chi connectivity index (χ4v) is 2.08. The highest BCUT2D eigenvalue weighted by atomic mass is 16.4. The van der Waals surface area contributed by atoms with Gasteiger partial charge in [-0.15, -0.1) is 0 Å². The summed E-state index contributed by atoms with van der Waals surface area (Å²) in [6.45, 7) is 8.08. The van der Waals surface area contributed by atoms with Gasteiger partial charge in [-0.1, -0.05) is 13.8 Å². The van der Waals surface area contributed by atoms with Crippen molar-refractivity contribution in [1.82, 2.24) is 10.2 Å². The lowest BCUT2D eigenvalue weighted by molar-refractivity contribution is -0.137. The molecule has 1 rings (SSSR count). The lowest BCUT2D eigenvalue weighted by Crippen LogP contribution is -2.51. The second kappa shape index (κ2) is 6.08. The quantitative estimate of drug-likeness (QED) is 0.710. The molecule has 0 aromatic carbocycles. The molecule has 0 spiro atoms. The number of piperazine rings is 1. The molecule has 1 fully saturated rings. The number of carboxylic acids is 1. The molecular weight excluding hydrogens is 192 g/mol. The number of carboxylic acid groups (broad SMARTS) is 1. The molecule has 4 nitrogen and oxygen atoms in total. The van der Waals surface area contributed by atoms with Gasteiger partial charge < -0.3 is 10.4 Å². The Balaban J connectivity index is 2.25. The number of nitrogens with zero attached hydrogens (tertiary/aromatic N) is 1. The van der Waals surface area contributed by atoms with Crippen LogP contribution in [-0.2, 0) is 4.79 Å². The Labute approximate surface area is 91.6 Å². The SMILES string of the molecule is CC(C)CC1CN(CCC(=O)O)CCN1. The number of carbonyl (C=O) groups is 1. The third-order valence-electron chi connectivity index (χ3n) is 2.74. The van der Waals surface area contributed by atoms with Crippen LogP contribution in [0.5, 0.6) is 0 Å². The van der Waals surface area contributed by atoms with Gasteiger partial charge in [0.2, 0.25) is 0 Å². The van der Waals surface area contributed by atoms with Crippen molar-refractivity contribution in [3.05, 3.63) is 0 Å². The predicted molar refractivity (Wildman–Crippen MR) is 59.9 cm³/mol. The van der Waals surface area contributed by atoms with Crippen molar-refractivity contribution in [3.63, 3.8) is 0 Å². The minimum Gasteiger partial charge on any atom is -0.481 e. The van der Waals surface area contributed by atoms with Crippen LogP contribution in [0.25, 0.3) is 0 Å². The highest BCUT2D eigenvalue weighted by Gasteiger charge is 2.19. The zero-order valence-electron chi connectivity index (χ0n) is 9.70. The Kier molecular flexibility index (Phi) is 5.05. The van der Waals surface area contributed by atoms with E-state index in [0.717, 1.165) is 19.6 Å². The van der Waals surface area contributed by atoms with E-state index >= 15 is 0 Å². The highest BCUT2D eigenvalue weighted by molar-refractivity contribution is 5.66. The van der Waals surface area contributed by atoms with Gasteiger partial charge in [0.1, 0.15) is 0 Å². The van der Waals surface area contributed by atoms with Crippen molar-refractivity contribution < 1.29 is 9.90 Å². The standard InChI is InChI=1S/C11H22N2O2/c1-9(2)7-10-8-13(6-4-12-10)5-3-11(14)15/h9-10,12H,3-8H2,1-2H3,(H,14,15). The smallest absolute Gasteiger partial charge is 0.304 e. The Morgan fingerprint density at radius 3 is 2.93 bits per heavy atom. The van der Waals surface area contributed by atoms with Gasteiger partial charge in [-0.2, -0.15) is 0 Å². The van der Waals surface area contributed by atoms with Crippen LogP contribution in [-0.4, -0.2) is 48.2 Å². The van der Waals surface area contributed by atoms with E-state index < -0.39 is 5.97 Å². The lowest BCUT2D eigenvalue weighted by Gasteiger charge is -2.34. The van der Waals surface area contributed by atoms with Gasteiger partial charge in [0.15, 0.2) is 0 Å². The predicted octanol–water partition coefficient (Wildman–Crippen LogP) is 0.781. The second-order valence-electron chi connectivity index (χ2n) is 4.72. The highest BCUT2D eigenvalue weighted by Crippen LogP contribution is 2.09. The van der Waals surface area contributed by atoms with Crippen LogP contribution >= 0.6 is 0 Å². The molecular formula is C11H22N2O2. The first-order valence-corrected chi connectivity index (χ1v) is 5.75.